The maximum Gasteiger partial charge on any atom is 0.416 e. The Labute approximate surface area is 175 Å². The summed E-state index contributed by atoms with van der Waals surface area (Å²) in [7, 11) is 1.40. The third-order valence-corrected chi connectivity index (χ3v) is 4.30. The Bertz CT molecular complexity index is 1010. The van der Waals surface area contributed by atoms with E-state index in [1.54, 1.807) is 12.1 Å². The van der Waals surface area contributed by atoms with Gasteiger partial charge in [-0.2, -0.15) is 13.2 Å². The van der Waals surface area contributed by atoms with Gasteiger partial charge in [-0.15, -0.1) is 0 Å². The largest absolute Gasteiger partial charge is 0.496 e. The number of nitro groups is 1. The summed E-state index contributed by atoms with van der Waals surface area (Å²) in [5, 5.41) is 13.7. The number of nitro benzene ring substituents is 1. The van der Waals surface area contributed by atoms with Gasteiger partial charge in [0, 0.05) is 17.2 Å². The zero-order valence-corrected chi connectivity index (χ0v) is 16.8. The van der Waals surface area contributed by atoms with Gasteiger partial charge >= 0.3 is 12.1 Å². The fourth-order valence-electron chi connectivity index (χ4n) is 2.66. The van der Waals surface area contributed by atoms with Crippen LogP contribution in [0.4, 0.5) is 24.5 Å². The maximum atomic E-state index is 12.8. The zero-order chi connectivity index (χ0) is 23.3. The molecule has 31 heavy (non-hydrogen) atoms. The summed E-state index contributed by atoms with van der Waals surface area (Å²) < 4.78 is 48.8. The van der Waals surface area contributed by atoms with Gasteiger partial charge in [-0.25, -0.2) is 4.79 Å². The van der Waals surface area contributed by atoms with E-state index in [0.29, 0.717) is 29.0 Å². The molecule has 166 valence electrons. The molecule has 0 aliphatic carbocycles. The molecule has 0 radical (unpaired) electrons. The molecule has 0 fully saturated rings. The molecule has 0 saturated heterocycles. The standard InChI is InChI=1S/C20H19F3N2O6/c1-11(24-16-6-5-15(20(21,22)23)9-17(16)25(28)29)19(27)31-10-14-8-13(12(2)26)4-7-18(14)30-3/h4-9,11,24H,10H2,1-3H3. The third-order valence-electron chi connectivity index (χ3n) is 4.30. The van der Waals surface area contributed by atoms with Crippen LogP contribution < -0.4 is 10.1 Å². The first kappa shape index (κ1) is 23.6. The number of carbonyl (C=O) groups excluding carboxylic acids is 2. The lowest BCUT2D eigenvalue weighted by atomic mass is 10.1. The number of ketones is 1. The number of halogens is 3. The number of nitrogens with one attached hydrogen (secondary N) is 1. The van der Waals surface area contributed by atoms with Gasteiger partial charge in [-0.05, 0) is 44.2 Å². The summed E-state index contributed by atoms with van der Waals surface area (Å²) in [5.74, 6) is -0.624. The lowest BCUT2D eigenvalue weighted by molar-refractivity contribution is -0.384. The number of benzene rings is 2. The normalized spacial score (nSPS) is 12.1. The van der Waals surface area contributed by atoms with E-state index >= 15 is 0 Å². The van der Waals surface area contributed by atoms with Gasteiger partial charge < -0.3 is 14.8 Å². The van der Waals surface area contributed by atoms with Crippen LogP contribution in [0.3, 0.4) is 0 Å². The first-order chi connectivity index (χ1) is 14.4. The van der Waals surface area contributed by atoms with E-state index in [2.05, 4.69) is 5.32 Å². The number of methoxy groups -OCH3 is 1. The van der Waals surface area contributed by atoms with E-state index < -0.39 is 34.4 Å². The van der Waals surface area contributed by atoms with Crippen LogP contribution in [0.15, 0.2) is 36.4 Å². The minimum atomic E-state index is -4.75. The van der Waals surface area contributed by atoms with Gasteiger partial charge in [0.05, 0.1) is 17.6 Å². The van der Waals surface area contributed by atoms with Crippen LogP contribution in [0.1, 0.15) is 35.3 Å². The summed E-state index contributed by atoms with van der Waals surface area (Å²) >= 11 is 0. The molecule has 0 spiro atoms. The Morgan fingerprint density at radius 2 is 1.87 bits per heavy atom. The molecular weight excluding hydrogens is 421 g/mol. The summed E-state index contributed by atoms with van der Waals surface area (Å²) in [6.45, 7) is 2.47. The fraction of sp³-hybridized carbons (Fsp3) is 0.300. The van der Waals surface area contributed by atoms with Gasteiger partial charge in [0.15, 0.2) is 5.78 Å². The van der Waals surface area contributed by atoms with Crippen LogP contribution in [0.5, 0.6) is 5.75 Å². The van der Waals surface area contributed by atoms with Crippen molar-refractivity contribution in [3.05, 3.63) is 63.2 Å². The average molecular weight is 440 g/mol. The van der Waals surface area contributed by atoms with Gasteiger partial charge in [0.1, 0.15) is 24.1 Å². The van der Waals surface area contributed by atoms with Crippen LogP contribution in [0, 0.1) is 10.1 Å². The van der Waals surface area contributed by atoms with Crippen LogP contribution in [-0.2, 0) is 22.3 Å². The first-order valence-corrected chi connectivity index (χ1v) is 8.90. The second-order valence-electron chi connectivity index (χ2n) is 6.54. The molecule has 8 nitrogen and oxygen atoms in total. The van der Waals surface area contributed by atoms with E-state index in [1.165, 1.54) is 27.0 Å². The second-order valence-corrected chi connectivity index (χ2v) is 6.54. The molecular formula is C20H19F3N2O6. The summed E-state index contributed by atoms with van der Waals surface area (Å²) in [6, 6.07) is 5.44. The third kappa shape index (κ3) is 5.93. The quantitative estimate of drug-likeness (QED) is 0.281. The lowest BCUT2D eigenvalue weighted by Crippen LogP contribution is -2.28. The van der Waals surface area contributed by atoms with Gasteiger partial charge in [0.2, 0.25) is 0 Å². The Morgan fingerprint density at radius 3 is 2.42 bits per heavy atom. The van der Waals surface area contributed by atoms with E-state index in [0.717, 1.165) is 6.07 Å². The van der Waals surface area contributed by atoms with Crippen LogP contribution >= 0.6 is 0 Å². The van der Waals surface area contributed by atoms with Crippen molar-refractivity contribution in [2.24, 2.45) is 0 Å². The van der Waals surface area contributed by atoms with Crippen molar-refractivity contribution in [3.63, 3.8) is 0 Å². The number of esters is 1. The summed E-state index contributed by atoms with van der Waals surface area (Å²) in [5.41, 5.74) is -1.46. The number of ether oxygens (including phenoxy) is 2. The Hall–Kier alpha value is -3.63. The molecule has 0 heterocycles. The van der Waals surface area contributed by atoms with Crippen LogP contribution in [-0.4, -0.2) is 29.8 Å². The van der Waals surface area contributed by atoms with E-state index in [9.17, 15) is 32.9 Å². The van der Waals surface area contributed by atoms with Crippen molar-refractivity contribution in [2.45, 2.75) is 32.7 Å². The molecule has 0 aliphatic heterocycles. The summed E-state index contributed by atoms with van der Waals surface area (Å²) in [6.07, 6.45) is -4.75. The highest BCUT2D eigenvalue weighted by Crippen LogP contribution is 2.35. The number of carbonyl (C=O) groups is 2. The molecule has 2 rings (SSSR count). The number of alkyl halides is 3. The molecule has 0 aromatic heterocycles. The topological polar surface area (TPSA) is 108 Å². The Balaban J connectivity index is 2.14. The van der Waals surface area contributed by atoms with E-state index in [1.807, 2.05) is 0 Å². The first-order valence-electron chi connectivity index (χ1n) is 8.90. The highest BCUT2D eigenvalue weighted by atomic mass is 19.4. The Morgan fingerprint density at radius 1 is 1.19 bits per heavy atom. The highest BCUT2D eigenvalue weighted by molar-refractivity contribution is 5.94. The van der Waals surface area contributed by atoms with E-state index in [4.69, 9.17) is 9.47 Å². The number of rotatable bonds is 8. The van der Waals surface area contributed by atoms with Crippen LogP contribution in [0.25, 0.3) is 0 Å². The molecule has 2 aromatic rings. The predicted molar refractivity (Wildman–Crippen MR) is 104 cm³/mol. The fourth-order valence-corrected chi connectivity index (χ4v) is 2.66. The molecule has 0 saturated carbocycles. The van der Waals surface area contributed by atoms with Gasteiger partial charge in [0.25, 0.3) is 5.69 Å². The Kier molecular flexibility index (Phi) is 7.21. The van der Waals surface area contributed by atoms with Crippen molar-refractivity contribution >= 4 is 23.1 Å². The minimum Gasteiger partial charge on any atom is -0.496 e. The van der Waals surface area contributed by atoms with Crippen molar-refractivity contribution < 1.29 is 37.2 Å². The van der Waals surface area contributed by atoms with Crippen molar-refractivity contribution in [3.8, 4) is 5.75 Å². The molecule has 1 atom stereocenters. The second kappa shape index (κ2) is 9.45. The van der Waals surface area contributed by atoms with E-state index in [-0.39, 0.29) is 18.1 Å². The molecule has 2 aromatic carbocycles. The number of hydrogen-bond acceptors (Lipinski definition) is 7. The molecule has 0 amide bonds. The zero-order valence-electron chi connectivity index (χ0n) is 16.8. The van der Waals surface area contributed by atoms with Crippen LogP contribution in [0.2, 0.25) is 0 Å². The predicted octanol–water partition coefficient (Wildman–Crippen LogP) is 4.37. The average Bonchev–Trinajstić information content (AvgIpc) is 2.70. The van der Waals surface area contributed by atoms with Crippen molar-refractivity contribution in [1.82, 2.24) is 0 Å². The highest BCUT2D eigenvalue weighted by Gasteiger charge is 2.33. The van der Waals surface area contributed by atoms with Crippen molar-refractivity contribution in [1.29, 1.82) is 0 Å². The number of hydrogen-bond donors (Lipinski definition) is 1. The monoisotopic (exact) mass is 440 g/mol. The summed E-state index contributed by atoms with van der Waals surface area (Å²) in [4.78, 5) is 34.0. The van der Waals surface area contributed by atoms with Crippen molar-refractivity contribution in [2.75, 3.05) is 12.4 Å². The SMILES string of the molecule is COc1ccc(C(C)=O)cc1COC(=O)C(C)Nc1ccc(C(F)(F)F)cc1[N+](=O)[O-]. The molecule has 1 unspecified atom stereocenters. The molecule has 11 heteroatoms. The molecule has 0 aliphatic rings. The smallest absolute Gasteiger partial charge is 0.416 e. The van der Waals surface area contributed by atoms with Gasteiger partial charge in [-0.3, -0.25) is 14.9 Å². The minimum absolute atomic E-state index is 0.195. The number of nitrogens with zero attached hydrogens (tertiary/aromatic N) is 1. The lowest BCUT2D eigenvalue weighted by Gasteiger charge is -2.16. The number of Topliss-reactive ketones (excluding diaryl/α,β-unsaturated/α-hetero) is 1. The number of anilines is 1. The van der Waals surface area contributed by atoms with Gasteiger partial charge in [-0.1, -0.05) is 0 Å². The molecule has 1 N–H and O–H groups in total. The maximum absolute atomic E-state index is 12.8. The molecule has 0 bridgehead atoms.